The van der Waals surface area contributed by atoms with Crippen LogP contribution >= 0.6 is 12.2 Å². The van der Waals surface area contributed by atoms with Crippen LogP contribution in [-0.2, 0) is 13.1 Å². The van der Waals surface area contributed by atoms with Crippen LogP contribution in [0.2, 0.25) is 0 Å². The third-order valence-corrected chi connectivity index (χ3v) is 4.82. The van der Waals surface area contributed by atoms with Crippen molar-refractivity contribution in [1.29, 1.82) is 0 Å². The van der Waals surface area contributed by atoms with Crippen LogP contribution in [-0.4, -0.2) is 33.9 Å². The number of H-pyrrole nitrogens is 2. The first-order valence-electron chi connectivity index (χ1n) is 9.00. The van der Waals surface area contributed by atoms with Gasteiger partial charge < -0.3 is 15.3 Å². The second-order valence-corrected chi connectivity index (χ2v) is 6.82. The molecule has 0 atom stereocenters. The number of hydrogen-bond acceptors (Lipinski definition) is 3. The molecule has 3 aromatic rings. The van der Waals surface area contributed by atoms with Crippen molar-refractivity contribution in [3.8, 4) is 0 Å². The molecule has 0 aliphatic rings. The zero-order valence-corrected chi connectivity index (χ0v) is 16.3. The highest BCUT2D eigenvalue weighted by Crippen LogP contribution is 2.18. The standard InChI is InChI=1S/C20H23FN4OS/c1-3-25(4-2)12-14-7-5-13(6-8-14)11-22-19(26)16-9-15(21)10-17-18(16)24-20(27)23-17/h5-10H,3-4,11-12H2,1-2H3,(H,22,26)(H2,23,24,27). The van der Waals surface area contributed by atoms with Crippen molar-refractivity contribution in [2.75, 3.05) is 13.1 Å². The highest BCUT2D eigenvalue weighted by atomic mass is 32.1. The number of hydrogen-bond donors (Lipinski definition) is 3. The van der Waals surface area contributed by atoms with Gasteiger partial charge in [-0.3, -0.25) is 9.69 Å². The molecule has 2 aromatic carbocycles. The van der Waals surface area contributed by atoms with Gasteiger partial charge in [-0.1, -0.05) is 38.1 Å². The van der Waals surface area contributed by atoms with Crippen LogP contribution in [0.3, 0.4) is 0 Å². The first kappa shape index (κ1) is 19.3. The van der Waals surface area contributed by atoms with Crippen LogP contribution in [0.5, 0.6) is 0 Å². The Bertz CT molecular complexity index is 989. The van der Waals surface area contributed by atoms with Gasteiger partial charge in [0.05, 0.1) is 16.6 Å². The molecule has 0 radical (unpaired) electrons. The van der Waals surface area contributed by atoms with Crippen LogP contribution in [0.4, 0.5) is 4.39 Å². The summed E-state index contributed by atoms with van der Waals surface area (Å²) in [5, 5.41) is 2.84. The number of benzene rings is 2. The van der Waals surface area contributed by atoms with Gasteiger partial charge in [-0.25, -0.2) is 4.39 Å². The summed E-state index contributed by atoms with van der Waals surface area (Å²) in [6.45, 7) is 7.60. The zero-order valence-electron chi connectivity index (χ0n) is 15.4. The van der Waals surface area contributed by atoms with E-state index in [9.17, 15) is 9.18 Å². The van der Waals surface area contributed by atoms with E-state index in [0.29, 0.717) is 22.3 Å². The van der Waals surface area contributed by atoms with E-state index in [1.807, 2.05) is 12.1 Å². The number of fused-ring (bicyclic) bond motifs is 1. The molecule has 1 heterocycles. The lowest BCUT2D eigenvalue weighted by molar-refractivity contribution is 0.0952. The molecule has 0 bridgehead atoms. The Morgan fingerprint density at radius 2 is 1.78 bits per heavy atom. The van der Waals surface area contributed by atoms with Crippen molar-refractivity contribution >= 4 is 29.2 Å². The summed E-state index contributed by atoms with van der Waals surface area (Å²) in [5.74, 6) is -0.837. The molecule has 0 saturated carbocycles. The Morgan fingerprint density at radius 1 is 1.11 bits per heavy atom. The van der Waals surface area contributed by atoms with Crippen LogP contribution in [0, 0.1) is 10.6 Å². The highest BCUT2D eigenvalue weighted by molar-refractivity contribution is 7.71. The summed E-state index contributed by atoms with van der Waals surface area (Å²) in [6, 6.07) is 10.7. The topological polar surface area (TPSA) is 63.9 Å². The second kappa shape index (κ2) is 8.45. The molecular weight excluding hydrogens is 363 g/mol. The largest absolute Gasteiger partial charge is 0.348 e. The van der Waals surface area contributed by atoms with Crippen LogP contribution in [0.15, 0.2) is 36.4 Å². The normalized spacial score (nSPS) is 11.3. The minimum Gasteiger partial charge on any atom is -0.348 e. The first-order valence-corrected chi connectivity index (χ1v) is 9.41. The van der Waals surface area contributed by atoms with E-state index >= 15 is 0 Å². The van der Waals surface area contributed by atoms with Crippen LogP contribution < -0.4 is 5.32 Å². The minimum absolute atomic E-state index is 0.232. The Balaban J connectivity index is 1.68. The maximum atomic E-state index is 13.8. The number of amides is 1. The van der Waals surface area contributed by atoms with Crippen molar-refractivity contribution in [1.82, 2.24) is 20.2 Å². The summed E-state index contributed by atoms with van der Waals surface area (Å²) < 4.78 is 14.1. The SMILES string of the molecule is CCN(CC)Cc1ccc(CNC(=O)c2cc(F)cc3[nH]c(=S)[nH]c23)cc1. The van der Waals surface area contributed by atoms with Gasteiger partial charge in [-0.2, -0.15) is 0 Å². The Hall–Kier alpha value is -2.51. The summed E-state index contributed by atoms with van der Waals surface area (Å²) in [4.78, 5) is 20.6. The molecule has 1 amide bonds. The van der Waals surface area contributed by atoms with E-state index in [4.69, 9.17) is 12.2 Å². The lowest BCUT2D eigenvalue weighted by Crippen LogP contribution is -2.23. The predicted octanol–water partition coefficient (Wildman–Crippen LogP) is 4.14. The molecule has 0 aliphatic carbocycles. The van der Waals surface area contributed by atoms with Gasteiger partial charge in [0.1, 0.15) is 5.82 Å². The molecule has 27 heavy (non-hydrogen) atoms. The van der Waals surface area contributed by atoms with Gasteiger partial charge in [-0.15, -0.1) is 0 Å². The Labute approximate surface area is 162 Å². The number of halogens is 1. The van der Waals surface area contributed by atoms with Gasteiger partial charge >= 0.3 is 0 Å². The number of aromatic amines is 2. The molecule has 0 saturated heterocycles. The maximum Gasteiger partial charge on any atom is 0.253 e. The smallest absolute Gasteiger partial charge is 0.253 e. The number of rotatable bonds is 7. The average Bonchev–Trinajstić information content (AvgIpc) is 3.04. The number of nitrogens with one attached hydrogen (secondary N) is 3. The predicted molar refractivity (Wildman–Crippen MR) is 108 cm³/mol. The second-order valence-electron chi connectivity index (χ2n) is 6.42. The van der Waals surface area contributed by atoms with Crippen molar-refractivity contribution in [3.05, 3.63) is 63.7 Å². The lowest BCUT2D eigenvalue weighted by atomic mass is 10.1. The van der Waals surface area contributed by atoms with E-state index in [1.165, 1.54) is 17.7 Å². The molecule has 3 rings (SSSR count). The van der Waals surface area contributed by atoms with Crippen LogP contribution in [0.1, 0.15) is 35.3 Å². The third kappa shape index (κ3) is 4.61. The Kier molecular flexibility index (Phi) is 6.03. The van der Waals surface area contributed by atoms with E-state index < -0.39 is 5.82 Å². The first-order chi connectivity index (χ1) is 13.0. The molecule has 0 aliphatic heterocycles. The highest BCUT2D eigenvalue weighted by Gasteiger charge is 2.14. The molecule has 1 aromatic heterocycles. The van der Waals surface area contributed by atoms with E-state index in [-0.39, 0.29) is 11.5 Å². The molecule has 7 heteroatoms. The molecule has 3 N–H and O–H groups in total. The quantitative estimate of drug-likeness (QED) is 0.535. The molecule has 0 spiro atoms. The van der Waals surface area contributed by atoms with Gasteiger partial charge in [0.25, 0.3) is 5.91 Å². The van der Waals surface area contributed by atoms with Crippen molar-refractivity contribution in [2.24, 2.45) is 0 Å². The lowest BCUT2D eigenvalue weighted by Gasteiger charge is -2.18. The Morgan fingerprint density at radius 3 is 2.44 bits per heavy atom. The number of imidazole rings is 1. The fraction of sp³-hybridized carbons (Fsp3) is 0.300. The fourth-order valence-electron chi connectivity index (χ4n) is 3.03. The summed E-state index contributed by atoms with van der Waals surface area (Å²) in [6.07, 6.45) is 0. The molecular formula is C20H23FN4OS. The summed E-state index contributed by atoms with van der Waals surface area (Å²) >= 11 is 5.03. The van der Waals surface area contributed by atoms with Gasteiger partial charge in [0, 0.05) is 13.1 Å². The molecule has 5 nitrogen and oxygen atoms in total. The maximum absolute atomic E-state index is 13.8. The zero-order chi connectivity index (χ0) is 19.4. The van der Waals surface area contributed by atoms with Crippen molar-refractivity contribution < 1.29 is 9.18 Å². The van der Waals surface area contributed by atoms with E-state index in [0.717, 1.165) is 25.2 Å². The minimum atomic E-state index is -0.487. The molecule has 142 valence electrons. The molecule has 0 fully saturated rings. The van der Waals surface area contributed by atoms with Crippen molar-refractivity contribution in [3.63, 3.8) is 0 Å². The summed E-state index contributed by atoms with van der Waals surface area (Å²) in [7, 11) is 0. The number of carbonyl (C=O) groups is 1. The monoisotopic (exact) mass is 386 g/mol. The third-order valence-electron chi connectivity index (χ3n) is 4.61. The van der Waals surface area contributed by atoms with Gasteiger partial charge in [0.2, 0.25) is 0 Å². The van der Waals surface area contributed by atoms with Gasteiger partial charge in [-0.05, 0) is 48.6 Å². The number of nitrogens with zero attached hydrogens (tertiary/aromatic N) is 1. The van der Waals surface area contributed by atoms with E-state index in [1.54, 1.807) is 0 Å². The number of carbonyl (C=O) groups excluding carboxylic acids is 1. The van der Waals surface area contributed by atoms with Crippen LogP contribution in [0.25, 0.3) is 11.0 Å². The van der Waals surface area contributed by atoms with Crippen molar-refractivity contribution in [2.45, 2.75) is 26.9 Å². The summed E-state index contributed by atoms with van der Waals surface area (Å²) in [5.41, 5.74) is 3.44. The molecule has 0 unspecified atom stereocenters. The fourth-order valence-corrected chi connectivity index (χ4v) is 3.24. The van der Waals surface area contributed by atoms with Gasteiger partial charge in [0.15, 0.2) is 4.77 Å². The number of aromatic nitrogens is 2. The average molecular weight is 386 g/mol. The van der Waals surface area contributed by atoms with E-state index in [2.05, 4.69) is 46.2 Å².